The van der Waals surface area contributed by atoms with Crippen molar-refractivity contribution in [2.45, 2.75) is 39.2 Å². The van der Waals surface area contributed by atoms with Gasteiger partial charge in [-0.3, -0.25) is 4.79 Å². The molecular formula is C15H18F2N2O2. The van der Waals surface area contributed by atoms with Gasteiger partial charge in [0.05, 0.1) is 0 Å². The fraction of sp³-hybridized carbons (Fsp3) is 0.467. The molecule has 1 fully saturated rings. The Bertz CT molecular complexity index is 511. The number of amides is 1. The highest BCUT2D eigenvalue weighted by atomic mass is 19.3. The first kappa shape index (κ1) is 15.4. The minimum atomic E-state index is -2.81. The minimum Gasteiger partial charge on any atom is -0.435 e. The predicted molar refractivity (Wildman–Crippen MR) is 75.4 cm³/mol. The van der Waals surface area contributed by atoms with Crippen molar-refractivity contribution in [2.24, 2.45) is 11.0 Å². The Labute approximate surface area is 122 Å². The first-order valence-electron chi connectivity index (χ1n) is 6.91. The molecule has 21 heavy (non-hydrogen) atoms. The lowest BCUT2D eigenvalue weighted by atomic mass is 10.1. The molecule has 6 heteroatoms. The van der Waals surface area contributed by atoms with E-state index in [4.69, 9.17) is 0 Å². The van der Waals surface area contributed by atoms with Gasteiger partial charge in [-0.05, 0) is 50.3 Å². The monoisotopic (exact) mass is 296 g/mol. The summed E-state index contributed by atoms with van der Waals surface area (Å²) < 4.78 is 28.3. The highest BCUT2D eigenvalue weighted by Gasteiger charge is 2.29. The molecule has 4 nitrogen and oxygen atoms in total. The molecule has 1 aromatic carbocycles. The summed E-state index contributed by atoms with van der Waals surface area (Å²) in [5, 5.41) is 4.05. The lowest BCUT2D eigenvalue weighted by Gasteiger charge is -2.06. The van der Waals surface area contributed by atoms with Gasteiger partial charge in [0, 0.05) is 11.6 Å². The van der Waals surface area contributed by atoms with Gasteiger partial charge in [0.1, 0.15) is 5.75 Å². The van der Waals surface area contributed by atoms with Crippen LogP contribution in [-0.2, 0) is 11.2 Å². The number of carbonyl (C=O) groups excluding carboxylic acids is 1. The van der Waals surface area contributed by atoms with E-state index in [0.29, 0.717) is 6.42 Å². The van der Waals surface area contributed by atoms with Crippen LogP contribution in [0.15, 0.2) is 29.4 Å². The second-order valence-electron chi connectivity index (χ2n) is 5.12. The van der Waals surface area contributed by atoms with E-state index >= 15 is 0 Å². The number of hydrogen-bond acceptors (Lipinski definition) is 3. The van der Waals surface area contributed by atoms with Crippen LogP contribution in [0.5, 0.6) is 5.75 Å². The molecule has 0 atom stereocenters. The highest BCUT2D eigenvalue weighted by Crippen LogP contribution is 2.28. The van der Waals surface area contributed by atoms with Gasteiger partial charge in [-0.25, -0.2) is 5.43 Å². The van der Waals surface area contributed by atoms with Crippen molar-refractivity contribution in [3.8, 4) is 5.75 Å². The molecule has 0 saturated heterocycles. The van der Waals surface area contributed by atoms with Crippen molar-refractivity contribution in [3.05, 3.63) is 29.8 Å². The van der Waals surface area contributed by atoms with E-state index in [1.165, 1.54) is 12.1 Å². The molecule has 1 amide bonds. The van der Waals surface area contributed by atoms with E-state index in [0.717, 1.165) is 30.5 Å². The molecule has 1 aliphatic rings. The third kappa shape index (κ3) is 5.49. The number of carbonyl (C=O) groups is 1. The van der Waals surface area contributed by atoms with Gasteiger partial charge >= 0.3 is 6.61 Å². The maximum absolute atomic E-state index is 12.0. The Kier molecular flexibility index (Phi) is 5.25. The van der Waals surface area contributed by atoms with Crippen molar-refractivity contribution in [3.63, 3.8) is 0 Å². The van der Waals surface area contributed by atoms with Crippen molar-refractivity contribution in [2.75, 3.05) is 0 Å². The Morgan fingerprint density at radius 2 is 2.05 bits per heavy atom. The molecule has 0 spiro atoms. The Morgan fingerprint density at radius 1 is 1.38 bits per heavy atom. The normalized spacial score (nSPS) is 15.1. The Morgan fingerprint density at radius 3 is 2.62 bits per heavy atom. The lowest BCUT2D eigenvalue weighted by Crippen LogP contribution is -2.20. The Hall–Kier alpha value is -1.98. The quantitative estimate of drug-likeness (QED) is 0.621. The van der Waals surface area contributed by atoms with Crippen molar-refractivity contribution >= 4 is 11.6 Å². The molecule has 1 aliphatic carbocycles. The van der Waals surface area contributed by atoms with Gasteiger partial charge in [0.25, 0.3) is 0 Å². The zero-order chi connectivity index (χ0) is 15.2. The number of rotatable bonds is 7. The first-order valence-corrected chi connectivity index (χ1v) is 6.91. The standard InChI is InChI=1S/C15H18F2N2O2/c1-10(18-19-14(20)12-6-7-12)2-3-11-4-8-13(9-5-11)21-15(16)17/h4-5,8-9,12,15H,2-3,6-7H2,1H3,(H,19,20)/b18-10-. The van der Waals surface area contributed by atoms with E-state index < -0.39 is 6.61 Å². The minimum absolute atomic E-state index is 0.0112. The zero-order valence-corrected chi connectivity index (χ0v) is 11.8. The molecule has 0 bridgehead atoms. The number of alkyl halides is 2. The smallest absolute Gasteiger partial charge is 0.387 e. The van der Waals surface area contributed by atoms with Crippen LogP contribution >= 0.6 is 0 Å². The van der Waals surface area contributed by atoms with Gasteiger partial charge in [-0.1, -0.05) is 12.1 Å². The summed E-state index contributed by atoms with van der Waals surface area (Å²) in [5.41, 5.74) is 4.39. The van der Waals surface area contributed by atoms with E-state index in [2.05, 4.69) is 15.3 Å². The van der Waals surface area contributed by atoms with Crippen LogP contribution in [0.1, 0.15) is 31.7 Å². The van der Waals surface area contributed by atoms with Crippen molar-refractivity contribution < 1.29 is 18.3 Å². The zero-order valence-electron chi connectivity index (χ0n) is 11.8. The Balaban J connectivity index is 1.76. The van der Waals surface area contributed by atoms with E-state index in [1.807, 2.05) is 6.92 Å². The SMILES string of the molecule is C/C(CCc1ccc(OC(F)F)cc1)=N/NC(=O)C1CC1. The fourth-order valence-electron chi connectivity index (χ4n) is 1.81. The second-order valence-corrected chi connectivity index (χ2v) is 5.12. The highest BCUT2D eigenvalue weighted by molar-refractivity contribution is 5.86. The largest absolute Gasteiger partial charge is 0.435 e. The molecule has 1 saturated carbocycles. The number of aryl methyl sites for hydroxylation is 1. The van der Waals surface area contributed by atoms with E-state index in [1.54, 1.807) is 12.1 Å². The van der Waals surface area contributed by atoms with Gasteiger partial charge in [-0.2, -0.15) is 13.9 Å². The van der Waals surface area contributed by atoms with Gasteiger partial charge in [-0.15, -0.1) is 0 Å². The molecule has 0 unspecified atom stereocenters. The number of halogens is 2. The molecule has 0 aliphatic heterocycles. The topological polar surface area (TPSA) is 50.7 Å². The van der Waals surface area contributed by atoms with Crippen LogP contribution in [0.3, 0.4) is 0 Å². The summed E-state index contributed by atoms with van der Waals surface area (Å²) in [6, 6.07) is 6.52. The van der Waals surface area contributed by atoms with Crippen molar-refractivity contribution in [1.29, 1.82) is 0 Å². The first-order chi connectivity index (χ1) is 10.0. The lowest BCUT2D eigenvalue weighted by molar-refractivity contribution is -0.122. The maximum atomic E-state index is 12.0. The summed E-state index contributed by atoms with van der Waals surface area (Å²) in [7, 11) is 0. The molecule has 0 heterocycles. The molecular weight excluding hydrogens is 278 g/mol. The van der Waals surface area contributed by atoms with Crippen LogP contribution in [0.2, 0.25) is 0 Å². The average molecular weight is 296 g/mol. The molecule has 1 N–H and O–H groups in total. The van der Waals surface area contributed by atoms with Crippen LogP contribution < -0.4 is 10.2 Å². The molecule has 0 aromatic heterocycles. The summed E-state index contributed by atoms with van der Waals surface area (Å²) in [4.78, 5) is 11.4. The van der Waals surface area contributed by atoms with E-state index in [-0.39, 0.29) is 17.6 Å². The summed E-state index contributed by atoms with van der Waals surface area (Å²) in [6.45, 7) is -0.957. The summed E-state index contributed by atoms with van der Waals surface area (Å²) in [5.74, 6) is 0.280. The number of benzene rings is 1. The molecule has 2 rings (SSSR count). The fourth-order valence-corrected chi connectivity index (χ4v) is 1.81. The van der Waals surface area contributed by atoms with E-state index in [9.17, 15) is 13.6 Å². The molecule has 0 radical (unpaired) electrons. The predicted octanol–water partition coefficient (Wildman–Crippen LogP) is 3.12. The van der Waals surface area contributed by atoms with Gasteiger partial charge < -0.3 is 4.74 Å². The molecule has 1 aromatic rings. The van der Waals surface area contributed by atoms with Crippen molar-refractivity contribution in [1.82, 2.24) is 5.43 Å². The number of hydrogen-bond donors (Lipinski definition) is 1. The number of ether oxygens (including phenoxy) is 1. The van der Waals surface area contributed by atoms with Gasteiger partial charge in [0.2, 0.25) is 5.91 Å². The second kappa shape index (κ2) is 7.15. The van der Waals surface area contributed by atoms with Crippen LogP contribution in [0.25, 0.3) is 0 Å². The summed E-state index contributed by atoms with van der Waals surface area (Å²) in [6.07, 6.45) is 3.32. The van der Waals surface area contributed by atoms with Crippen LogP contribution in [0, 0.1) is 5.92 Å². The molecule has 114 valence electrons. The summed E-state index contributed by atoms with van der Waals surface area (Å²) >= 11 is 0. The maximum Gasteiger partial charge on any atom is 0.387 e. The van der Waals surface area contributed by atoms with Crippen LogP contribution in [-0.4, -0.2) is 18.2 Å². The number of nitrogens with one attached hydrogen (secondary N) is 1. The third-order valence-corrected chi connectivity index (χ3v) is 3.23. The van der Waals surface area contributed by atoms with Crippen LogP contribution in [0.4, 0.5) is 8.78 Å². The third-order valence-electron chi connectivity index (χ3n) is 3.23. The average Bonchev–Trinajstić information content (AvgIpc) is 3.28. The number of hydrazone groups is 1. The number of nitrogens with zero attached hydrogens (tertiary/aromatic N) is 1. The van der Waals surface area contributed by atoms with Gasteiger partial charge in [0.15, 0.2) is 0 Å².